The van der Waals surface area contributed by atoms with Crippen LogP contribution in [0.1, 0.15) is 0 Å². The smallest absolute Gasteiger partial charge is 0.281 e. The van der Waals surface area contributed by atoms with Gasteiger partial charge in [-0.05, 0) is 47.2 Å². The van der Waals surface area contributed by atoms with Gasteiger partial charge in [-0.25, -0.2) is 4.98 Å². The lowest BCUT2D eigenvalue weighted by atomic mass is 10.2. The average molecular weight is 320 g/mol. The van der Waals surface area contributed by atoms with E-state index in [-0.39, 0.29) is 10.7 Å². The summed E-state index contributed by atoms with van der Waals surface area (Å²) < 4.78 is 28.4. The van der Waals surface area contributed by atoms with E-state index in [1.54, 1.807) is 35.6 Å². The van der Waals surface area contributed by atoms with Crippen LogP contribution in [0.4, 0.5) is 11.4 Å². The maximum Gasteiger partial charge on any atom is 0.281 e. The predicted molar refractivity (Wildman–Crippen MR) is 84.7 cm³/mol. The van der Waals surface area contributed by atoms with Gasteiger partial charge in [0.2, 0.25) is 5.03 Å². The Morgan fingerprint density at radius 1 is 1.19 bits per heavy atom. The second-order valence-corrected chi connectivity index (χ2v) is 6.82. The third kappa shape index (κ3) is 2.68. The zero-order valence-electron chi connectivity index (χ0n) is 10.8. The number of nitrogens with two attached hydrogens (primary N) is 1. The molecule has 2 heterocycles. The zero-order chi connectivity index (χ0) is 14.9. The molecule has 4 N–H and O–H groups in total. The van der Waals surface area contributed by atoms with E-state index in [4.69, 9.17) is 5.84 Å². The summed E-state index contributed by atoms with van der Waals surface area (Å²) in [5, 5.41) is 2.80. The Balaban J connectivity index is 1.98. The van der Waals surface area contributed by atoms with Gasteiger partial charge in [-0.1, -0.05) is 0 Å². The van der Waals surface area contributed by atoms with Crippen LogP contribution in [0.25, 0.3) is 10.1 Å². The molecular weight excluding hydrogens is 308 g/mol. The third-order valence-electron chi connectivity index (χ3n) is 2.89. The number of hydrogen-bond acceptors (Lipinski definition) is 6. The summed E-state index contributed by atoms with van der Waals surface area (Å²) in [5.74, 6) is 5.32. The molecule has 6 nitrogen and oxygen atoms in total. The third-order valence-corrected chi connectivity index (χ3v) is 5.12. The number of hydrogen-bond donors (Lipinski definition) is 3. The Morgan fingerprint density at radius 3 is 2.86 bits per heavy atom. The summed E-state index contributed by atoms with van der Waals surface area (Å²) >= 11 is 1.60. The molecule has 1 aromatic carbocycles. The maximum absolute atomic E-state index is 12.4. The molecule has 0 bridgehead atoms. The molecule has 2 aromatic heterocycles. The second kappa shape index (κ2) is 5.32. The number of aromatic nitrogens is 1. The van der Waals surface area contributed by atoms with Crippen molar-refractivity contribution in [3.8, 4) is 0 Å². The van der Waals surface area contributed by atoms with Crippen molar-refractivity contribution in [3.63, 3.8) is 0 Å². The van der Waals surface area contributed by atoms with Gasteiger partial charge in [-0.2, -0.15) is 8.42 Å². The number of nitrogens with zero attached hydrogens (tertiary/aromatic N) is 1. The second-order valence-electron chi connectivity index (χ2n) is 4.28. The van der Waals surface area contributed by atoms with Gasteiger partial charge < -0.3 is 5.43 Å². The Bertz CT molecular complexity index is 890. The van der Waals surface area contributed by atoms with Gasteiger partial charge in [0.1, 0.15) is 0 Å². The lowest BCUT2D eigenvalue weighted by Crippen LogP contribution is -2.18. The number of nitrogens with one attached hydrogen (secondary N) is 2. The minimum Gasteiger partial charge on any atom is -0.321 e. The van der Waals surface area contributed by atoms with Crippen molar-refractivity contribution < 1.29 is 8.42 Å². The van der Waals surface area contributed by atoms with Crippen molar-refractivity contribution in [2.75, 3.05) is 10.1 Å². The minimum absolute atomic E-state index is 0.141. The highest BCUT2D eigenvalue weighted by Gasteiger charge is 2.20. The van der Waals surface area contributed by atoms with Crippen LogP contribution in [0.3, 0.4) is 0 Å². The molecule has 0 spiro atoms. The normalized spacial score (nSPS) is 11.5. The summed E-state index contributed by atoms with van der Waals surface area (Å²) in [6.07, 6.45) is 1.40. The van der Waals surface area contributed by atoms with Crippen LogP contribution >= 0.6 is 11.3 Å². The van der Waals surface area contributed by atoms with Crippen LogP contribution < -0.4 is 16.0 Å². The highest BCUT2D eigenvalue weighted by molar-refractivity contribution is 7.92. The largest absolute Gasteiger partial charge is 0.321 e. The fourth-order valence-corrected chi connectivity index (χ4v) is 3.87. The van der Waals surface area contributed by atoms with Crippen LogP contribution in [0.15, 0.2) is 53.0 Å². The van der Waals surface area contributed by atoms with Crippen molar-refractivity contribution in [2.24, 2.45) is 5.84 Å². The number of thiophene rings is 1. The van der Waals surface area contributed by atoms with Gasteiger partial charge in [0, 0.05) is 16.6 Å². The van der Waals surface area contributed by atoms with E-state index in [0.29, 0.717) is 5.69 Å². The topological polar surface area (TPSA) is 97.1 Å². The number of fused-ring (bicyclic) bond motifs is 1. The van der Waals surface area contributed by atoms with Crippen LogP contribution in [0.5, 0.6) is 0 Å². The fraction of sp³-hybridized carbons (Fsp3) is 0. The molecule has 3 rings (SSSR count). The molecule has 0 aliphatic rings. The molecule has 0 atom stereocenters. The number of sulfonamides is 1. The Kier molecular flexibility index (Phi) is 3.50. The first kappa shape index (κ1) is 13.8. The van der Waals surface area contributed by atoms with Gasteiger partial charge in [0.25, 0.3) is 10.0 Å². The van der Waals surface area contributed by atoms with E-state index in [1.807, 2.05) is 17.5 Å². The Morgan fingerprint density at radius 2 is 2.05 bits per heavy atom. The minimum atomic E-state index is -3.81. The predicted octanol–water partition coefficient (Wildman–Crippen LogP) is 2.38. The zero-order valence-corrected chi connectivity index (χ0v) is 12.4. The molecule has 0 radical (unpaired) electrons. The first-order chi connectivity index (χ1) is 10.1. The first-order valence-electron chi connectivity index (χ1n) is 6.02. The van der Waals surface area contributed by atoms with Gasteiger partial charge in [-0.3, -0.25) is 10.6 Å². The van der Waals surface area contributed by atoms with Crippen molar-refractivity contribution in [3.05, 3.63) is 48.0 Å². The van der Waals surface area contributed by atoms with Crippen molar-refractivity contribution in [1.29, 1.82) is 0 Å². The number of benzene rings is 1. The molecule has 0 unspecified atom stereocenters. The SMILES string of the molecule is NNc1cccnc1S(=O)(=O)Nc1ccc2sccc2c1. The van der Waals surface area contributed by atoms with Crippen molar-refractivity contribution in [1.82, 2.24) is 4.98 Å². The van der Waals surface area contributed by atoms with E-state index in [9.17, 15) is 8.42 Å². The van der Waals surface area contributed by atoms with E-state index >= 15 is 0 Å². The molecule has 0 amide bonds. The van der Waals surface area contributed by atoms with Crippen LogP contribution in [0, 0.1) is 0 Å². The molecule has 0 aliphatic carbocycles. The number of pyridine rings is 1. The molecule has 108 valence electrons. The summed E-state index contributed by atoms with van der Waals surface area (Å²) in [7, 11) is -3.81. The molecule has 0 saturated carbocycles. The maximum atomic E-state index is 12.4. The molecule has 21 heavy (non-hydrogen) atoms. The number of rotatable bonds is 4. The molecule has 0 aliphatic heterocycles. The van der Waals surface area contributed by atoms with Gasteiger partial charge >= 0.3 is 0 Å². The van der Waals surface area contributed by atoms with Gasteiger partial charge in [0.15, 0.2) is 0 Å². The molecule has 3 aromatic rings. The lowest BCUT2D eigenvalue weighted by Gasteiger charge is -2.10. The first-order valence-corrected chi connectivity index (χ1v) is 8.38. The number of nitrogen functional groups attached to an aromatic ring is 1. The molecule has 8 heteroatoms. The summed E-state index contributed by atoms with van der Waals surface area (Å²) in [4.78, 5) is 3.88. The summed E-state index contributed by atoms with van der Waals surface area (Å²) in [5.41, 5.74) is 3.05. The molecule has 0 saturated heterocycles. The molecule has 0 fully saturated rings. The summed E-state index contributed by atoms with van der Waals surface area (Å²) in [6, 6.07) is 10.5. The lowest BCUT2D eigenvalue weighted by molar-refractivity contribution is 0.598. The monoisotopic (exact) mass is 320 g/mol. The van der Waals surface area contributed by atoms with E-state index < -0.39 is 10.0 Å². The highest BCUT2D eigenvalue weighted by Crippen LogP contribution is 2.26. The van der Waals surface area contributed by atoms with Crippen LogP contribution in [-0.4, -0.2) is 13.4 Å². The number of hydrazine groups is 1. The van der Waals surface area contributed by atoms with E-state index in [1.165, 1.54) is 6.20 Å². The van der Waals surface area contributed by atoms with Crippen molar-refractivity contribution >= 4 is 42.8 Å². The Labute approximate surface area is 125 Å². The standard InChI is InChI=1S/C13H12N4O2S2/c14-16-11-2-1-6-15-13(11)21(18,19)17-10-3-4-12-9(8-10)5-7-20-12/h1-8,16-17H,14H2. The van der Waals surface area contributed by atoms with Crippen molar-refractivity contribution in [2.45, 2.75) is 5.03 Å². The Hall–Kier alpha value is -2.16. The number of anilines is 2. The van der Waals surface area contributed by atoms with Gasteiger partial charge in [0.05, 0.1) is 5.69 Å². The van der Waals surface area contributed by atoms with E-state index in [0.717, 1.165) is 10.1 Å². The highest BCUT2D eigenvalue weighted by atomic mass is 32.2. The van der Waals surface area contributed by atoms with Crippen LogP contribution in [-0.2, 0) is 10.0 Å². The van der Waals surface area contributed by atoms with Gasteiger partial charge in [-0.15, -0.1) is 11.3 Å². The average Bonchev–Trinajstić information content (AvgIpc) is 2.94. The quantitative estimate of drug-likeness (QED) is 0.506. The molecular formula is C13H12N4O2S2. The summed E-state index contributed by atoms with van der Waals surface area (Å²) in [6.45, 7) is 0. The fourth-order valence-electron chi connectivity index (χ4n) is 1.95. The van der Waals surface area contributed by atoms with Crippen LogP contribution in [0.2, 0.25) is 0 Å². The van der Waals surface area contributed by atoms with E-state index in [2.05, 4.69) is 15.1 Å².